The van der Waals surface area contributed by atoms with E-state index in [1.807, 2.05) is 21.1 Å². The van der Waals surface area contributed by atoms with Crippen LogP contribution in [0.15, 0.2) is 36.5 Å². The van der Waals surface area contributed by atoms with E-state index in [0.717, 1.165) is 44.9 Å². The molecule has 9 nitrogen and oxygen atoms in total. The molecule has 0 saturated heterocycles. The lowest BCUT2D eigenvalue weighted by molar-refractivity contribution is -0.870. The van der Waals surface area contributed by atoms with Gasteiger partial charge in [-0.1, -0.05) is 397 Å². The molecule has 0 aliphatic rings. The number of likely N-dealkylation sites (N-methyl/N-ethyl adjacent to an activating group) is 1. The van der Waals surface area contributed by atoms with Crippen LogP contribution < -0.4 is 0 Å². The van der Waals surface area contributed by atoms with Crippen LogP contribution in [0.25, 0.3) is 0 Å². The second-order valence-electron chi connectivity index (χ2n) is 29.2. The fourth-order valence-electron chi connectivity index (χ4n) is 12.4. The number of carbonyl (C=O) groups excluding carboxylic acids is 2. The lowest BCUT2D eigenvalue weighted by Gasteiger charge is -2.24. The number of hydrogen-bond donors (Lipinski definition) is 1. The number of phosphoric ester groups is 1. The minimum absolute atomic E-state index is 0.0350. The molecule has 0 rings (SSSR count). The number of ether oxygens (including phenoxy) is 2. The van der Waals surface area contributed by atoms with Gasteiger partial charge >= 0.3 is 19.8 Å². The first-order valence-electron chi connectivity index (χ1n) is 40.7. The molecular weight excluding hydrogens is 1160 g/mol. The molecule has 0 aromatic rings. The van der Waals surface area contributed by atoms with Crippen molar-refractivity contribution in [3.8, 4) is 0 Å². The molecule has 0 amide bonds. The molecule has 0 aliphatic carbocycles. The van der Waals surface area contributed by atoms with Gasteiger partial charge in [0.05, 0.1) is 27.7 Å². The number of hydrogen-bond acceptors (Lipinski definition) is 7. The third kappa shape index (κ3) is 77.2. The molecule has 0 heterocycles. The average molecular weight is 1320 g/mol. The Morgan fingerprint density at radius 3 is 0.870 bits per heavy atom. The fraction of sp³-hybridized carbons (Fsp3) is 0.902. The summed E-state index contributed by atoms with van der Waals surface area (Å²) in [6, 6.07) is 0. The van der Waals surface area contributed by atoms with Crippen LogP contribution in [0.1, 0.15) is 425 Å². The zero-order valence-electron chi connectivity index (χ0n) is 62.3. The van der Waals surface area contributed by atoms with E-state index in [4.69, 9.17) is 18.5 Å². The van der Waals surface area contributed by atoms with E-state index in [1.165, 1.54) is 347 Å². The number of rotatable bonds is 77. The maximum absolute atomic E-state index is 12.9. The summed E-state index contributed by atoms with van der Waals surface area (Å²) in [5.74, 6) is -0.771. The van der Waals surface area contributed by atoms with E-state index >= 15 is 0 Å². The third-order valence-corrected chi connectivity index (χ3v) is 19.7. The van der Waals surface area contributed by atoms with Gasteiger partial charge in [-0.05, 0) is 51.4 Å². The quantitative estimate of drug-likeness (QED) is 0.0211. The Labute approximate surface area is 573 Å². The zero-order valence-corrected chi connectivity index (χ0v) is 63.2. The van der Waals surface area contributed by atoms with E-state index in [1.54, 1.807) is 0 Å². The van der Waals surface area contributed by atoms with Gasteiger partial charge in [0.25, 0.3) is 0 Å². The number of esters is 2. The van der Waals surface area contributed by atoms with Gasteiger partial charge < -0.3 is 18.9 Å². The lowest BCUT2D eigenvalue weighted by Crippen LogP contribution is -2.37. The van der Waals surface area contributed by atoms with E-state index in [2.05, 4.69) is 50.3 Å². The first kappa shape index (κ1) is 90.2. The standard InChI is InChI=1S/C82H158NO8P/c1-6-8-10-12-14-16-18-20-22-24-26-28-30-32-34-36-38-40-41-43-44-46-48-50-52-54-56-58-60-62-64-66-68-70-72-74-81(84)88-78-80(79-90-92(86,87)89-77-76-83(3,4)5)91-82(85)75-73-71-69-67-65-63-61-59-57-55-53-51-49-47-45-42-39-37-35-33-31-29-27-25-23-21-19-17-15-13-11-9-7-2/h19,21,25,27,31,33,80H,6-18,20,22-24,26,28-30,32,34-79H2,1-5H3/p+1/b21-19-,27-25-,33-31-. The van der Waals surface area contributed by atoms with Crippen molar-refractivity contribution in [3.05, 3.63) is 36.5 Å². The highest BCUT2D eigenvalue weighted by Crippen LogP contribution is 2.43. The number of allylic oxidation sites excluding steroid dienone is 6. The van der Waals surface area contributed by atoms with Crippen LogP contribution in [0.2, 0.25) is 0 Å². The molecule has 0 aliphatic heterocycles. The van der Waals surface area contributed by atoms with E-state index in [-0.39, 0.29) is 25.6 Å². The van der Waals surface area contributed by atoms with Crippen LogP contribution in [-0.4, -0.2) is 74.9 Å². The van der Waals surface area contributed by atoms with Crippen molar-refractivity contribution in [1.29, 1.82) is 0 Å². The van der Waals surface area contributed by atoms with Crippen molar-refractivity contribution >= 4 is 19.8 Å². The minimum atomic E-state index is -4.39. The smallest absolute Gasteiger partial charge is 0.462 e. The molecule has 10 heteroatoms. The largest absolute Gasteiger partial charge is 0.472 e. The molecule has 2 atom stereocenters. The second-order valence-corrected chi connectivity index (χ2v) is 30.6. The predicted molar refractivity (Wildman–Crippen MR) is 400 cm³/mol. The number of unbranched alkanes of at least 4 members (excludes halogenated alkanes) is 57. The Balaban J connectivity index is 3.90. The van der Waals surface area contributed by atoms with Gasteiger partial charge in [0.15, 0.2) is 6.10 Å². The molecule has 0 saturated carbocycles. The highest BCUT2D eigenvalue weighted by Gasteiger charge is 2.27. The predicted octanol–water partition coefficient (Wildman–Crippen LogP) is 27.0. The summed E-state index contributed by atoms with van der Waals surface area (Å²) >= 11 is 0. The van der Waals surface area contributed by atoms with Gasteiger partial charge in [-0.2, -0.15) is 0 Å². The molecule has 2 unspecified atom stereocenters. The van der Waals surface area contributed by atoms with Crippen molar-refractivity contribution in [2.75, 3.05) is 47.5 Å². The summed E-state index contributed by atoms with van der Waals surface area (Å²) in [6.07, 6.45) is 95.9. The summed E-state index contributed by atoms with van der Waals surface area (Å²) in [5, 5.41) is 0. The normalized spacial score (nSPS) is 13.2. The third-order valence-electron chi connectivity index (χ3n) is 18.7. The summed E-state index contributed by atoms with van der Waals surface area (Å²) < 4.78 is 34.8. The summed E-state index contributed by atoms with van der Waals surface area (Å²) in [5.41, 5.74) is 0. The Hall–Kier alpha value is -1.77. The highest BCUT2D eigenvalue weighted by molar-refractivity contribution is 7.47. The number of quaternary nitrogens is 1. The molecule has 0 radical (unpaired) electrons. The Bertz CT molecular complexity index is 1640. The summed E-state index contributed by atoms with van der Waals surface area (Å²) in [7, 11) is 1.50. The SMILES string of the molecule is CCCCCCC/C=C\C/C=C\C/C=C\CCCCCCCCCCCCCCCCCCCCC(=O)OC(COC(=O)CCCCCCCCCCCCCCCCCCCCCCCCCCCCCCCCCCCCC)COP(=O)(O)OCC[N+](C)(C)C. The van der Waals surface area contributed by atoms with Crippen LogP contribution in [-0.2, 0) is 32.7 Å². The molecule has 544 valence electrons. The van der Waals surface area contributed by atoms with Gasteiger partial charge in [-0.25, -0.2) is 4.57 Å². The highest BCUT2D eigenvalue weighted by atomic mass is 31.2. The van der Waals surface area contributed by atoms with E-state index < -0.39 is 26.5 Å². The van der Waals surface area contributed by atoms with Gasteiger partial charge in [0.2, 0.25) is 0 Å². The molecule has 0 aromatic carbocycles. The maximum Gasteiger partial charge on any atom is 0.472 e. The second kappa shape index (κ2) is 73.5. The molecule has 0 aromatic heterocycles. The van der Waals surface area contributed by atoms with Gasteiger partial charge in [0, 0.05) is 12.8 Å². The zero-order chi connectivity index (χ0) is 66.9. The fourth-order valence-corrected chi connectivity index (χ4v) is 13.2. The molecular formula is C82H159NO8P+. The Kier molecular flexibility index (Phi) is 72.1. The number of carbonyl (C=O) groups is 2. The van der Waals surface area contributed by atoms with Crippen molar-refractivity contribution in [3.63, 3.8) is 0 Å². The van der Waals surface area contributed by atoms with Crippen LogP contribution in [0, 0.1) is 0 Å². The number of phosphoric acid groups is 1. The van der Waals surface area contributed by atoms with E-state index in [9.17, 15) is 19.0 Å². The van der Waals surface area contributed by atoms with Crippen molar-refractivity contribution in [2.45, 2.75) is 431 Å². The summed E-state index contributed by atoms with van der Waals surface area (Å²) in [6.45, 7) is 4.51. The van der Waals surface area contributed by atoms with Crippen molar-refractivity contribution < 1.29 is 42.1 Å². The van der Waals surface area contributed by atoms with Crippen molar-refractivity contribution in [1.82, 2.24) is 0 Å². The summed E-state index contributed by atoms with van der Waals surface area (Å²) in [4.78, 5) is 36.0. The lowest BCUT2D eigenvalue weighted by atomic mass is 10.0. The van der Waals surface area contributed by atoms with Crippen LogP contribution >= 0.6 is 7.82 Å². The molecule has 0 spiro atoms. The van der Waals surface area contributed by atoms with Crippen LogP contribution in [0.3, 0.4) is 0 Å². The monoisotopic (exact) mass is 1320 g/mol. The molecule has 0 fully saturated rings. The van der Waals surface area contributed by atoms with Crippen molar-refractivity contribution in [2.24, 2.45) is 0 Å². The molecule has 1 N–H and O–H groups in total. The first-order valence-corrected chi connectivity index (χ1v) is 42.2. The average Bonchev–Trinajstić information content (AvgIpc) is 2.23. The van der Waals surface area contributed by atoms with Gasteiger partial charge in [0.1, 0.15) is 19.8 Å². The molecule has 92 heavy (non-hydrogen) atoms. The molecule has 0 bridgehead atoms. The Morgan fingerprint density at radius 1 is 0.337 bits per heavy atom. The Morgan fingerprint density at radius 2 is 0.587 bits per heavy atom. The van der Waals surface area contributed by atoms with Gasteiger partial charge in [-0.3, -0.25) is 18.6 Å². The topological polar surface area (TPSA) is 108 Å². The minimum Gasteiger partial charge on any atom is -0.462 e. The van der Waals surface area contributed by atoms with Crippen LogP contribution in [0.4, 0.5) is 0 Å². The van der Waals surface area contributed by atoms with E-state index in [0.29, 0.717) is 23.9 Å². The maximum atomic E-state index is 12.9. The first-order chi connectivity index (χ1) is 45.0. The van der Waals surface area contributed by atoms with Crippen LogP contribution in [0.5, 0.6) is 0 Å². The van der Waals surface area contributed by atoms with Gasteiger partial charge in [-0.15, -0.1) is 0 Å². The number of nitrogens with zero attached hydrogens (tertiary/aromatic N) is 1.